The van der Waals surface area contributed by atoms with Crippen LogP contribution in [0.5, 0.6) is 0 Å². The Morgan fingerprint density at radius 3 is 2.00 bits per heavy atom. The summed E-state index contributed by atoms with van der Waals surface area (Å²) in [5, 5.41) is -0.230. The molecule has 1 aromatic heterocycles. The van der Waals surface area contributed by atoms with E-state index in [1.807, 2.05) is 0 Å². The molecule has 1 amide bonds. The van der Waals surface area contributed by atoms with E-state index in [1.165, 1.54) is 29.9 Å². The average Bonchev–Trinajstić information content (AvgIpc) is 3.31. The number of morpholine rings is 1. The van der Waals surface area contributed by atoms with Gasteiger partial charge in [0.25, 0.3) is 26.1 Å². The van der Waals surface area contributed by atoms with E-state index in [1.54, 1.807) is 0 Å². The molecule has 4 heterocycles. The number of rotatable bonds is 5. The van der Waals surface area contributed by atoms with Crippen LogP contribution in [0.1, 0.15) is 29.8 Å². The smallest absolute Gasteiger partial charge is 0.289 e. The maximum Gasteiger partial charge on any atom is 0.289 e. The Bertz CT molecular complexity index is 988. The second-order valence-corrected chi connectivity index (χ2v) is 11.6. The molecule has 31 heavy (non-hydrogen) atoms. The Balaban J connectivity index is 1.38. The van der Waals surface area contributed by atoms with Gasteiger partial charge in [0.1, 0.15) is 0 Å². The van der Waals surface area contributed by atoms with Gasteiger partial charge in [0.2, 0.25) is 5.09 Å². The summed E-state index contributed by atoms with van der Waals surface area (Å²) < 4.78 is 65.8. The maximum absolute atomic E-state index is 12.8. The fourth-order valence-corrected chi connectivity index (χ4v) is 7.01. The van der Waals surface area contributed by atoms with Crippen LogP contribution in [-0.4, -0.2) is 106 Å². The Morgan fingerprint density at radius 1 is 0.742 bits per heavy atom. The quantitative estimate of drug-likeness (QED) is 0.576. The highest BCUT2D eigenvalue weighted by Crippen LogP contribution is 2.23. The molecular formula is C18H28N4O7S2. The monoisotopic (exact) mass is 476 g/mol. The predicted octanol–water partition coefficient (Wildman–Crippen LogP) is -0.211. The number of piperazine rings is 1. The molecule has 4 rings (SSSR count). The van der Waals surface area contributed by atoms with E-state index >= 15 is 0 Å². The first-order valence-corrected chi connectivity index (χ1v) is 13.4. The van der Waals surface area contributed by atoms with Crippen LogP contribution < -0.4 is 0 Å². The second-order valence-electron chi connectivity index (χ2n) is 7.79. The zero-order valence-electron chi connectivity index (χ0n) is 17.3. The van der Waals surface area contributed by atoms with Crippen molar-refractivity contribution in [3.8, 4) is 0 Å². The van der Waals surface area contributed by atoms with Gasteiger partial charge in [-0.3, -0.25) is 4.79 Å². The topological polar surface area (TPSA) is 121 Å². The van der Waals surface area contributed by atoms with Gasteiger partial charge in [0.15, 0.2) is 5.76 Å². The molecule has 0 N–H and O–H groups in total. The van der Waals surface area contributed by atoms with E-state index in [2.05, 4.69) is 0 Å². The summed E-state index contributed by atoms with van der Waals surface area (Å²) in [6, 6.07) is 2.69. The molecule has 0 saturated carbocycles. The fraction of sp³-hybridized carbons (Fsp3) is 0.722. The minimum Gasteiger partial charge on any atom is -0.438 e. The predicted molar refractivity (Wildman–Crippen MR) is 110 cm³/mol. The minimum atomic E-state index is -3.75. The van der Waals surface area contributed by atoms with Crippen molar-refractivity contribution < 1.29 is 30.8 Å². The summed E-state index contributed by atoms with van der Waals surface area (Å²) in [5.41, 5.74) is 0. The highest BCUT2D eigenvalue weighted by molar-refractivity contribution is 7.89. The van der Waals surface area contributed by atoms with Crippen LogP contribution in [0.25, 0.3) is 0 Å². The van der Waals surface area contributed by atoms with Crippen molar-refractivity contribution in [1.29, 1.82) is 0 Å². The van der Waals surface area contributed by atoms with Crippen LogP contribution in [-0.2, 0) is 25.0 Å². The lowest BCUT2D eigenvalue weighted by Gasteiger charge is -2.37. The van der Waals surface area contributed by atoms with Crippen LogP contribution >= 0.6 is 0 Å². The number of hydrogen-bond donors (Lipinski definition) is 0. The summed E-state index contributed by atoms with van der Waals surface area (Å²) in [6.45, 7) is 3.05. The van der Waals surface area contributed by atoms with E-state index in [0.29, 0.717) is 39.4 Å². The van der Waals surface area contributed by atoms with Gasteiger partial charge in [0, 0.05) is 52.4 Å². The number of carbonyl (C=O) groups excluding carboxylic acids is 1. The molecule has 0 atom stereocenters. The lowest BCUT2D eigenvalue weighted by atomic mass is 10.2. The van der Waals surface area contributed by atoms with Gasteiger partial charge in [0.05, 0.1) is 13.2 Å². The molecule has 0 aliphatic carbocycles. The summed E-state index contributed by atoms with van der Waals surface area (Å²) >= 11 is 0. The molecule has 3 aliphatic heterocycles. The van der Waals surface area contributed by atoms with Crippen molar-refractivity contribution in [3.63, 3.8) is 0 Å². The molecule has 3 fully saturated rings. The largest absolute Gasteiger partial charge is 0.438 e. The molecule has 0 aromatic carbocycles. The van der Waals surface area contributed by atoms with Crippen LogP contribution in [0.4, 0.5) is 0 Å². The maximum atomic E-state index is 12.8. The van der Waals surface area contributed by atoms with E-state index < -0.39 is 26.1 Å². The third-order valence-corrected chi connectivity index (χ3v) is 9.66. The Kier molecular flexibility index (Phi) is 6.70. The number of piperidine rings is 1. The number of furan rings is 1. The van der Waals surface area contributed by atoms with E-state index in [-0.39, 0.29) is 37.0 Å². The van der Waals surface area contributed by atoms with Crippen LogP contribution in [0.15, 0.2) is 21.6 Å². The van der Waals surface area contributed by atoms with E-state index in [9.17, 15) is 21.6 Å². The third-order valence-electron chi connectivity index (χ3n) is 5.85. The SMILES string of the molecule is O=C(c1ccc(S(=O)(=O)N2CCCCC2)o1)N1CCN(S(=O)(=O)N2CCOCC2)CC1. The number of ether oxygens (including phenoxy) is 1. The number of nitrogens with zero attached hydrogens (tertiary/aromatic N) is 4. The van der Waals surface area contributed by atoms with Crippen LogP contribution in [0, 0.1) is 0 Å². The first-order valence-electron chi connectivity index (χ1n) is 10.5. The normalized spacial score (nSPS) is 23.2. The highest BCUT2D eigenvalue weighted by Gasteiger charge is 2.35. The second kappa shape index (κ2) is 9.16. The minimum absolute atomic E-state index is 0.0555. The van der Waals surface area contributed by atoms with Gasteiger partial charge < -0.3 is 14.1 Å². The van der Waals surface area contributed by atoms with Crippen molar-refractivity contribution in [2.75, 3.05) is 65.6 Å². The number of sulfonamides is 1. The number of amides is 1. The first kappa shape index (κ1) is 22.7. The van der Waals surface area contributed by atoms with Gasteiger partial charge in [-0.25, -0.2) is 8.42 Å². The van der Waals surface area contributed by atoms with Crippen molar-refractivity contribution in [2.24, 2.45) is 0 Å². The molecule has 0 radical (unpaired) electrons. The van der Waals surface area contributed by atoms with Crippen LogP contribution in [0.3, 0.4) is 0 Å². The molecule has 11 nitrogen and oxygen atoms in total. The van der Waals surface area contributed by atoms with Gasteiger partial charge in [-0.1, -0.05) is 6.42 Å². The molecule has 3 aliphatic rings. The van der Waals surface area contributed by atoms with Crippen molar-refractivity contribution >= 4 is 26.1 Å². The van der Waals surface area contributed by atoms with E-state index in [4.69, 9.17) is 9.15 Å². The molecule has 3 saturated heterocycles. The first-order chi connectivity index (χ1) is 14.8. The molecule has 13 heteroatoms. The Morgan fingerprint density at radius 2 is 1.35 bits per heavy atom. The lowest BCUT2D eigenvalue weighted by molar-refractivity contribution is 0.0614. The van der Waals surface area contributed by atoms with E-state index in [0.717, 1.165) is 19.3 Å². The van der Waals surface area contributed by atoms with Gasteiger partial charge in [-0.15, -0.1) is 0 Å². The lowest BCUT2D eigenvalue weighted by Crippen LogP contribution is -2.55. The average molecular weight is 477 g/mol. The summed E-state index contributed by atoms with van der Waals surface area (Å²) in [7, 11) is -7.34. The van der Waals surface area contributed by atoms with Gasteiger partial charge in [-0.05, 0) is 25.0 Å². The summed E-state index contributed by atoms with van der Waals surface area (Å²) in [4.78, 5) is 14.3. The molecule has 0 spiro atoms. The zero-order chi connectivity index (χ0) is 22.1. The van der Waals surface area contributed by atoms with Gasteiger partial charge >= 0.3 is 0 Å². The Hall–Kier alpha value is -1.51. The standard InChI is InChI=1S/C18H28N4O7S2/c23-18(16-4-5-17(29-16)30(24,25)20-6-2-1-3-7-20)19-8-10-21(11-9-19)31(26,27)22-12-14-28-15-13-22/h4-5H,1-3,6-15H2. The molecule has 1 aromatic rings. The molecular weight excluding hydrogens is 448 g/mol. The Labute approximate surface area is 182 Å². The molecule has 0 unspecified atom stereocenters. The van der Waals surface area contributed by atoms with Crippen LogP contribution in [0.2, 0.25) is 0 Å². The van der Waals surface area contributed by atoms with Crippen molar-refractivity contribution in [3.05, 3.63) is 17.9 Å². The number of carbonyl (C=O) groups is 1. The summed E-state index contributed by atoms with van der Waals surface area (Å²) in [6.07, 6.45) is 2.62. The van der Waals surface area contributed by atoms with Gasteiger partial charge in [-0.2, -0.15) is 21.3 Å². The summed E-state index contributed by atoms with van der Waals surface area (Å²) in [5.74, 6) is -0.497. The molecule has 174 valence electrons. The fourth-order valence-electron chi connectivity index (χ4n) is 4.02. The zero-order valence-corrected chi connectivity index (χ0v) is 18.9. The highest BCUT2D eigenvalue weighted by atomic mass is 32.2. The van der Waals surface area contributed by atoms with Crippen molar-refractivity contribution in [2.45, 2.75) is 24.4 Å². The van der Waals surface area contributed by atoms with Crippen molar-refractivity contribution in [1.82, 2.24) is 17.8 Å². The number of hydrogen-bond acceptors (Lipinski definition) is 7. The third kappa shape index (κ3) is 4.66. The molecule has 0 bridgehead atoms.